The SMILES string of the molecule is CNC(=O)C1(C)CCN1C(=O)Cc1cc(F)ccc1F. The smallest absolute Gasteiger partial charge is 0.245 e. The maximum atomic E-state index is 13.5. The molecule has 1 unspecified atom stereocenters. The second kappa shape index (κ2) is 5.19. The third-order valence-corrected chi connectivity index (χ3v) is 3.78. The summed E-state index contributed by atoms with van der Waals surface area (Å²) in [5.41, 5.74) is -0.892. The topological polar surface area (TPSA) is 49.4 Å². The molecule has 2 amide bonds. The molecule has 0 aliphatic carbocycles. The number of carbonyl (C=O) groups is 2. The summed E-state index contributed by atoms with van der Waals surface area (Å²) in [6.45, 7) is 2.11. The summed E-state index contributed by atoms with van der Waals surface area (Å²) in [7, 11) is 1.50. The van der Waals surface area contributed by atoms with E-state index in [9.17, 15) is 18.4 Å². The summed E-state index contributed by atoms with van der Waals surface area (Å²) >= 11 is 0. The molecule has 1 aliphatic rings. The monoisotopic (exact) mass is 282 g/mol. The van der Waals surface area contributed by atoms with E-state index in [0.717, 1.165) is 18.2 Å². The van der Waals surface area contributed by atoms with Crippen LogP contribution in [0.15, 0.2) is 18.2 Å². The van der Waals surface area contributed by atoms with E-state index in [1.807, 2.05) is 0 Å². The molecule has 2 rings (SSSR count). The van der Waals surface area contributed by atoms with Crippen molar-refractivity contribution in [1.29, 1.82) is 0 Å². The number of likely N-dealkylation sites (N-methyl/N-ethyl adjacent to an activating group) is 1. The van der Waals surface area contributed by atoms with Crippen molar-refractivity contribution in [2.75, 3.05) is 13.6 Å². The highest BCUT2D eigenvalue weighted by molar-refractivity contribution is 5.93. The van der Waals surface area contributed by atoms with Crippen LogP contribution in [0.2, 0.25) is 0 Å². The number of hydrogen-bond acceptors (Lipinski definition) is 2. The van der Waals surface area contributed by atoms with Gasteiger partial charge in [-0.3, -0.25) is 9.59 Å². The van der Waals surface area contributed by atoms with Crippen molar-refractivity contribution in [1.82, 2.24) is 10.2 Å². The molecular formula is C14H16F2N2O2. The Balaban J connectivity index is 2.13. The molecule has 1 aromatic carbocycles. The molecule has 1 fully saturated rings. The Labute approximate surface area is 115 Å². The van der Waals surface area contributed by atoms with Gasteiger partial charge in [0.05, 0.1) is 6.42 Å². The van der Waals surface area contributed by atoms with Crippen LogP contribution in [-0.4, -0.2) is 35.8 Å². The van der Waals surface area contributed by atoms with Gasteiger partial charge in [0.2, 0.25) is 11.8 Å². The molecule has 1 atom stereocenters. The minimum Gasteiger partial charge on any atom is -0.357 e. The Kier molecular flexibility index (Phi) is 3.74. The highest BCUT2D eigenvalue weighted by Gasteiger charge is 2.48. The number of carbonyl (C=O) groups excluding carboxylic acids is 2. The lowest BCUT2D eigenvalue weighted by Crippen LogP contribution is -2.67. The second-order valence-electron chi connectivity index (χ2n) is 5.06. The first-order valence-corrected chi connectivity index (χ1v) is 6.35. The molecule has 1 aromatic rings. The van der Waals surface area contributed by atoms with Gasteiger partial charge in [-0.15, -0.1) is 0 Å². The van der Waals surface area contributed by atoms with Crippen LogP contribution in [0, 0.1) is 11.6 Å². The van der Waals surface area contributed by atoms with E-state index in [-0.39, 0.29) is 23.8 Å². The predicted molar refractivity (Wildman–Crippen MR) is 68.9 cm³/mol. The molecule has 1 N–H and O–H groups in total. The minimum atomic E-state index is -0.893. The van der Waals surface area contributed by atoms with Crippen molar-refractivity contribution in [2.45, 2.75) is 25.3 Å². The fraction of sp³-hybridized carbons (Fsp3) is 0.429. The Morgan fingerprint density at radius 2 is 2.10 bits per heavy atom. The van der Waals surface area contributed by atoms with Gasteiger partial charge in [0, 0.05) is 19.2 Å². The third kappa shape index (κ3) is 2.37. The van der Waals surface area contributed by atoms with Crippen molar-refractivity contribution in [3.8, 4) is 0 Å². The maximum absolute atomic E-state index is 13.5. The molecule has 1 heterocycles. The molecule has 0 aromatic heterocycles. The summed E-state index contributed by atoms with van der Waals surface area (Å²) < 4.78 is 26.6. The molecule has 0 saturated carbocycles. The first kappa shape index (κ1) is 14.4. The Morgan fingerprint density at radius 1 is 1.40 bits per heavy atom. The molecule has 1 saturated heterocycles. The fourth-order valence-corrected chi connectivity index (χ4v) is 2.40. The van der Waals surface area contributed by atoms with Crippen LogP contribution in [0.25, 0.3) is 0 Å². The van der Waals surface area contributed by atoms with Crippen molar-refractivity contribution in [3.05, 3.63) is 35.4 Å². The number of benzene rings is 1. The molecule has 1 aliphatic heterocycles. The van der Waals surface area contributed by atoms with Gasteiger partial charge in [-0.2, -0.15) is 0 Å². The highest BCUT2D eigenvalue weighted by Crippen LogP contribution is 2.31. The Morgan fingerprint density at radius 3 is 2.65 bits per heavy atom. The maximum Gasteiger partial charge on any atom is 0.245 e. The van der Waals surface area contributed by atoms with Gasteiger partial charge in [-0.25, -0.2) is 8.78 Å². The molecule has 108 valence electrons. The van der Waals surface area contributed by atoms with Crippen LogP contribution >= 0.6 is 0 Å². The van der Waals surface area contributed by atoms with E-state index < -0.39 is 17.2 Å². The van der Waals surface area contributed by atoms with Crippen LogP contribution < -0.4 is 5.32 Å². The zero-order chi connectivity index (χ0) is 14.9. The second-order valence-corrected chi connectivity index (χ2v) is 5.06. The number of amides is 2. The van der Waals surface area contributed by atoms with Crippen molar-refractivity contribution in [2.24, 2.45) is 0 Å². The van der Waals surface area contributed by atoms with Crippen LogP contribution in [0.3, 0.4) is 0 Å². The molecular weight excluding hydrogens is 266 g/mol. The van der Waals surface area contributed by atoms with Gasteiger partial charge < -0.3 is 10.2 Å². The van der Waals surface area contributed by atoms with E-state index in [1.54, 1.807) is 6.92 Å². The summed E-state index contributed by atoms with van der Waals surface area (Å²) in [6.07, 6.45) is 0.306. The van der Waals surface area contributed by atoms with Crippen LogP contribution in [-0.2, 0) is 16.0 Å². The number of nitrogens with one attached hydrogen (secondary N) is 1. The summed E-state index contributed by atoms with van der Waals surface area (Å²) in [5, 5.41) is 2.51. The van der Waals surface area contributed by atoms with Crippen molar-refractivity contribution < 1.29 is 18.4 Å². The summed E-state index contributed by atoms with van der Waals surface area (Å²) in [6, 6.07) is 3.00. The molecule has 20 heavy (non-hydrogen) atoms. The quantitative estimate of drug-likeness (QED) is 0.907. The molecule has 0 spiro atoms. The van der Waals surface area contributed by atoms with Gasteiger partial charge in [0.1, 0.15) is 17.2 Å². The van der Waals surface area contributed by atoms with Gasteiger partial charge in [-0.05, 0) is 31.5 Å². The molecule has 4 nitrogen and oxygen atoms in total. The standard InChI is InChI=1S/C14H16F2N2O2/c1-14(13(20)17-2)5-6-18(14)12(19)8-9-7-10(15)3-4-11(9)16/h3-4,7H,5-6,8H2,1-2H3,(H,17,20). The zero-order valence-corrected chi connectivity index (χ0v) is 11.4. The molecule has 0 radical (unpaired) electrons. The predicted octanol–water partition coefficient (Wildman–Crippen LogP) is 1.24. The average Bonchev–Trinajstić information content (AvgIpc) is 2.39. The number of hydrogen-bond donors (Lipinski definition) is 1. The van der Waals surface area contributed by atoms with Gasteiger partial charge >= 0.3 is 0 Å². The third-order valence-electron chi connectivity index (χ3n) is 3.78. The molecule has 0 bridgehead atoms. The van der Waals surface area contributed by atoms with Gasteiger partial charge in [-0.1, -0.05) is 0 Å². The first-order chi connectivity index (χ1) is 9.38. The van der Waals surface area contributed by atoms with Crippen molar-refractivity contribution in [3.63, 3.8) is 0 Å². The van der Waals surface area contributed by atoms with Gasteiger partial charge in [0.25, 0.3) is 0 Å². The van der Waals surface area contributed by atoms with E-state index in [2.05, 4.69) is 5.32 Å². The number of halogens is 2. The number of rotatable bonds is 3. The lowest BCUT2D eigenvalue weighted by atomic mass is 9.85. The Bertz CT molecular complexity index is 562. The van der Waals surface area contributed by atoms with E-state index in [0.29, 0.717) is 13.0 Å². The summed E-state index contributed by atoms with van der Waals surface area (Å²) in [5.74, 6) is -1.85. The van der Waals surface area contributed by atoms with Crippen LogP contribution in [0.4, 0.5) is 8.78 Å². The normalized spacial score (nSPS) is 21.3. The van der Waals surface area contributed by atoms with E-state index >= 15 is 0 Å². The van der Waals surface area contributed by atoms with Gasteiger partial charge in [0.15, 0.2) is 0 Å². The number of likely N-dealkylation sites (tertiary alicyclic amines) is 1. The summed E-state index contributed by atoms with van der Waals surface area (Å²) in [4.78, 5) is 25.3. The minimum absolute atomic E-state index is 0.00107. The highest BCUT2D eigenvalue weighted by atomic mass is 19.1. The lowest BCUT2D eigenvalue weighted by Gasteiger charge is -2.49. The largest absolute Gasteiger partial charge is 0.357 e. The first-order valence-electron chi connectivity index (χ1n) is 6.35. The van der Waals surface area contributed by atoms with E-state index in [4.69, 9.17) is 0 Å². The zero-order valence-electron chi connectivity index (χ0n) is 11.4. The van der Waals surface area contributed by atoms with Crippen molar-refractivity contribution >= 4 is 11.8 Å². The van der Waals surface area contributed by atoms with Crippen LogP contribution in [0.1, 0.15) is 18.9 Å². The van der Waals surface area contributed by atoms with E-state index in [1.165, 1.54) is 11.9 Å². The lowest BCUT2D eigenvalue weighted by molar-refractivity contribution is -0.156. The Hall–Kier alpha value is -1.98. The molecule has 6 heteroatoms. The van der Waals surface area contributed by atoms with Crippen LogP contribution in [0.5, 0.6) is 0 Å². The average molecular weight is 282 g/mol. The number of nitrogens with zero attached hydrogens (tertiary/aromatic N) is 1. The fourth-order valence-electron chi connectivity index (χ4n) is 2.40.